The first kappa shape index (κ1) is 17.2. The van der Waals surface area contributed by atoms with E-state index in [0.29, 0.717) is 5.92 Å². The second-order valence-electron chi connectivity index (χ2n) is 6.79. The number of hydrogen-bond donors (Lipinski definition) is 1. The van der Waals surface area contributed by atoms with E-state index in [0.717, 1.165) is 51.1 Å². The van der Waals surface area contributed by atoms with Crippen molar-refractivity contribution < 1.29 is 14.3 Å². The van der Waals surface area contributed by atoms with Crippen LogP contribution in [-0.4, -0.2) is 61.3 Å². The molecule has 1 aliphatic heterocycles. The van der Waals surface area contributed by atoms with E-state index in [9.17, 15) is 4.79 Å². The van der Waals surface area contributed by atoms with Crippen molar-refractivity contribution in [2.75, 3.05) is 39.2 Å². The van der Waals surface area contributed by atoms with Crippen LogP contribution in [0.25, 0.3) is 0 Å². The average molecular weight is 333 g/mol. The number of aromatic nitrogens is 1. The smallest absolute Gasteiger partial charge is 0.326 e. The Labute approximate surface area is 143 Å². The maximum absolute atomic E-state index is 12.4. The first-order chi connectivity index (χ1) is 11.7. The van der Waals surface area contributed by atoms with Gasteiger partial charge in [0.15, 0.2) is 0 Å². The van der Waals surface area contributed by atoms with E-state index in [2.05, 4.69) is 15.2 Å². The van der Waals surface area contributed by atoms with Crippen LogP contribution in [-0.2, 0) is 14.3 Å². The van der Waals surface area contributed by atoms with Gasteiger partial charge in [-0.3, -0.25) is 9.69 Å². The third-order valence-electron chi connectivity index (χ3n) is 5.45. The van der Waals surface area contributed by atoms with Crippen LogP contribution in [0.3, 0.4) is 0 Å². The van der Waals surface area contributed by atoms with Crippen molar-refractivity contribution in [3.8, 4) is 0 Å². The van der Waals surface area contributed by atoms with Gasteiger partial charge in [0.25, 0.3) is 0 Å². The second-order valence-corrected chi connectivity index (χ2v) is 6.79. The van der Waals surface area contributed by atoms with Gasteiger partial charge in [-0.2, -0.15) is 0 Å². The van der Waals surface area contributed by atoms with Gasteiger partial charge < -0.3 is 14.8 Å². The topological polar surface area (TPSA) is 63.7 Å². The molecule has 2 fully saturated rings. The number of ether oxygens (including phenoxy) is 2. The lowest BCUT2D eigenvalue weighted by molar-refractivity contribution is -0.173. The second kappa shape index (κ2) is 7.49. The lowest BCUT2D eigenvalue weighted by atomic mass is 9.73. The number of nitrogens with zero attached hydrogens (tertiary/aromatic N) is 2. The summed E-state index contributed by atoms with van der Waals surface area (Å²) < 4.78 is 10.9. The Morgan fingerprint density at radius 3 is 2.88 bits per heavy atom. The molecule has 3 rings (SSSR count). The molecule has 1 aromatic heterocycles. The zero-order valence-electron chi connectivity index (χ0n) is 14.5. The highest BCUT2D eigenvalue weighted by Gasteiger charge is 2.52. The van der Waals surface area contributed by atoms with Crippen molar-refractivity contribution in [3.05, 3.63) is 24.4 Å². The Morgan fingerprint density at radius 2 is 2.29 bits per heavy atom. The Morgan fingerprint density at radius 1 is 1.46 bits per heavy atom. The van der Waals surface area contributed by atoms with Gasteiger partial charge in [-0.25, -0.2) is 4.98 Å². The lowest BCUT2D eigenvalue weighted by Gasteiger charge is -2.48. The number of pyridine rings is 1. The van der Waals surface area contributed by atoms with E-state index in [-0.39, 0.29) is 17.6 Å². The number of methoxy groups -OCH3 is 2. The van der Waals surface area contributed by atoms with Crippen LogP contribution in [0.2, 0.25) is 0 Å². The molecule has 0 amide bonds. The van der Waals surface area contributed by atoms with Gasteiger partial charge >= 0.3 is 5.97 Å². The monoisotopic (exact) mass is 333 g/mol. The van der Waals surface area contributed by atoms with Gasteiger partial charge in [0.05, 0.1) is 12.7 Å². The number of esters is 1. The van der Waals surface area contributed by atoms with Gasteiger partial charge in [-0.1, -0.05) is 6.07 Å². The van der Waals surface area contributed by atoms with Crippen LogP contribution in [0.5, 0.6) is 0 Å². The van der Waals surface area contributed by atoms with Crippen molar-refractivity contribution in [1.29, 1.82) is 0 Å². The van der Waals surface area contributed by atoms with E-state index in [1.165, 1.54) is 7.11 Å². The molecule has 132 valence electrons. The third kappa shape index (κ3) is 3.39. The molecular formula is C18H27N3O3. The fourth-order valence-electron chi connectivity index (χ4n) is 3.90. The summed E-state index contributed by atoms with van der Waals surface area (Å²) in [5.74, 6) is 1.22. The van der Waals surface area contributed by atoms with Crippen LogP contribution in [0.1, 0.15) is 25.7 Å². The molecular weight excluding hydrogens is 306 g/mol. The molecule has 1 aromatic rings. The van der Waals surface area contributed by atoms with E-state index < -0.39 is 0 Å². The van der Waals surface area contributed by atoms with Crippen LogP contribution in [0, 0.1) is 5.92 Å². The predicted octanol–water partition coefficient (Wildman–Crippen LogP) is 1.93. The fourth-order valence-corrected chi connectivity index (χ4v) is 3.90. The highest BCUT2D eigenvalue weighted by atomic mass is 16.5. The molecule has 1 aliphatic carbocycles. The van der Waals surface area contributed by atoms with Gasteiger partial charge in [0.1, 0.15) is 11.9 Å². The minimum atomic E-state index is -0.365. The summed E-state index contributed by atoms with van der Waals surface area (Å²) in [5.41, 5.74) is -0.365. The van der Waals surface area contributed by atoms with E-state index in [1.54, 1.807) is 13.3 Å². The summed E-state index contributed by atoms with van der Waals surface area (Å²) >= 11 is 0. The predicted molar refractivity (Wildman–Crippen MR) is 91.8 cm³/mol. The molecule has 2 heterocycles. The minimum Gasteiger partial charge on any atom is -0.468 e. The largest absolute Gasteiger partial charge is 0.468 e. The van der Waals surface area contributed by atoms with Crippen molar-refractivity contribution >= 4 is 11.8 Å². The Balaban J connectivity index is 1.60. The molecule has 6 heteroatoms. The maximum Gasteiger partial charge on any atom is 0.326 e. The number of hydrogen-bond acceptors (Lipinski definition) is 6. The molecule has 0 unspecified atom stereocenters. The van der Waals surface area contributed by atoms with Gasteiger partial charge in [-0.05, 0) is 50.3 Å². The molecule has 0 bridgehead atoms. The first-order valence-electron chi connectivity index (χ1n) is 8.70. The minimum absolute atomic E-state index is 0.171. The van der Waals surface area contributed by atoms with Crippen LogP contribution >= 0.6 is 0 Å². The third-order valence-corrected chi connectivity index (χ3v) is 5.45. The normalized spacial score (nSPS) is 24.2. The molecule has 1 saturated heterocycles. The fraction of sp³-hybridized carbons (Fsp3) is 0.667. The Kier molecular flexibility index (Phi) is 5.36. The summed E-state index contributed by atoms with van der Waals surface area (Å²) in [6, 6.07) is 5.56. The average Bonchev–Trinajstić information content (AvgIpc) is 3.04. The molecule has 2 atom stereocenters. The van der Waals surface area contributed by atoms with Crippen LogP contribution in [0.15, 0.2) is 24.4 Å². The Hall–Kier alpha value is -1.66. The maximum atomic E-state index is 12.4. The molecule has 24 heavy (non-hydrogen) atoms. The molecule has 0 radical (unpaired) electrons. The summed E-state index contributed by atoms with van der Waals surface area (Å²) in [6.45, 7) is 2.64. The molecule has 0 aromatic carbocycles. The first-order valence-corrected chi connectivity index (χ1v) is 8.70. The number of carbonyl (C=O) groups is 1. The highest BCUT2D eigenvalue weighted by molar-refractivity contribution is 5.77. The standard InChI is InChI=1S/C18H27N3O3/c1-23-17(22)16(18(24-2)8-5-9-18)21-11-7-14(13-21)12-20-15-6-3-4-10-19-15/h3-4,6,10,14,16H,5,7-9,11-13H2,1-2H3,(H,19,20)/t14-,16-/m0/s1. The van der Waals surface area contributed by atoms with Gasteiger partial charge in [0.2, 0.25) is 0 Å². The number of rotatable bonds is 7. The summed E-state index contributed by atoms with van der Waals surface area (Å²) in [7, 11) is 3.18. The van der Waals surface area contributed by atoms with Crippen LogP contribution < -0.4 is 5.32 Å². The SMILES string of the molecule is COC(=O)[C@H](N1CC[C@@H](CNc2ccccn2)C1)C1(OC)CCC1. The molecule has 1 N–H and O–H groups in total. The summed E-state index contributed by atoms with van der Waals surface area (Å²) in [4.78, 5) is 19.0. The quantitative estimate of drug-likeness (QED) is 0.769. The highest BCUT2D eigenvalue weighted by Crippen LogP contribution is 2.42. The van der Waals surface area contributed by atoms with Crippen molar-refractivity contribution in [2.24, 2.45) is 5.92 Å². The van der Waals surface area contributed by atoms with E-state index >= 15 is 0 Å². The Bertz CT molecular complexity index is 542. The zero-order valence-corrected chi connectivity index (χ0v) is 14.5. The lowest BCUT2D eigenvalue weighted by Crippen LogP contribution is -2.61. The van der Waals surface area contributed by atoms with Crippen molar-refractivity contribution in [1.82, 2.24) is 9.88 Å². The number of carbonyl (C=O) groups excluding carboxylic acids is 1. The van der Waals surface area contributed by atoms with Crippen molar-refractivity contribution in [3.63, 3.8) is 0 Å². The summed E-state index contributed by atoms with van der Waals surface area (Å²) in [6.07, 6.45) is 5.82. The van der Waals surface area contributed by atoms with Gasteiger partial charge in [0, 0.05) is 26.4 Å². The van der Waals surface area contributed by atoms with Gasteiger partial charge in [-0.15, -0.1) is 0 Å². The number of likely N-dealkylation sites (tertiary alicyclic amines) is 1. The zero-order chi connectivity index (χ0) is 17.0. The molecule has 1 saturated carbocycles. The van der Waals surface area contributed by atoms with E-state index in [4.69, 9.17) is 9.47 Å². The van der Waals surface area contributed by atoms with Crippen molar-refractivity contribution in [2.45, 2.75) is 37.3 Å². The number of nitrogens with one attached hydrogen (secondary N) is 1. The van der Waals surface area contributed by atoms with E-state index in [1.807, 2.05) is 18.2 Å². The molecule has 2 aliphatic rings. The number of anilines is 1. The van der Waals surface area contributed by atoms with Crippen LogP contribution in [0.4, 0.5) is 5.82 Å². The molecule has 0 spiro atoms. The summed E-state index contributed by atoms with van der Waals surface area (Å²) in [5, 5.41) is 3.38. The molecule has 6 nitrogen and oxygen atoms in total.